The zero-order valence-corrected chi connectivity index (χ0v) is 10.7. The van der Waals surface area contributed by atoms with E-state index in [1.165, 1.54) is 6.07 Å². The molecular weight excluding hydrogens is 297 g/mol. The Kier molecular flexibility index (Phi) is 4.17. The van der Waals surface area contributed by atoms with Crippen LogP contribution < -0.4 is 5.73 Å². The van der Waals surface area contributed by atoms with E-state index in [1.54, 1.807) is 18.2 Å². The predicted octanol–water partition coefficient (Wildman–Crippen LogP) is 4.26. The maximum Gasteiger partial charge on any atom is 0.200 e. The molecule has 0 bridgehead atoms. The van der Waals surface area contributed by atoms with E-state index < -0.39 is 40.4 Å². The highest BCUT2D eigenvalue weighted by Crippen LogP contribution is 2.30. The Balaban J connectivity index is 2.30. The summed E-state index contributed by atoms with van der Waals surface area (Å²) in [5.74, 6) is -10.0. The molecule has 0 unspecified atom stereocenters. The zero-order chi connectivity index (χ0) is 14.9. The average molecular weight is 305 g/mol. The fourth-order valence-electron chi connectivity index (χ4n) is 1.54. The van der Waals surface area contributed by atoms with Crippen LogP contribution in [0.5, 0.6) is 0 Å². The molecule has 0 radical (unpaired) electrons. The van der Waals surface area contributed by atoms with Crippen LogP contribution in [0, 0.1) is 29.1 Å². The van der Waals surface area contributed by atoms with Gasteiger partial charge >= 0.3 is 0 Å². The molecule has 0 aliphatic heterocycles. The Morgan fingerprint density at radius 2 is 1.40 bits per heavy atom. The summed E-state index contributed by atoms with van der Waals surface area (Å²) < 4.78 is 65.7. The topological polar surface area (TPSA) is 26.0 Å². The van der Waals surface area contributed by atoms with Gasteiger partial charge in [0.05, 0.1) is 0 Å². The molecule has 0 heterocycles. The van der Waals surface area contributed by atoms with Gasteiger partial charge in [0.15, 0.2) is 23.3 Å². The molecule has 0 saturated carbocycles. The fraction of sp³-hybridized carbons (Fsp3) is 0.0769. The number of hydrogen-bond donors (Lipinski definition) is 1. The van der Waals surface area contributed by atoms with Crippen molar-refractivity contribution in [2.75, 3.05) is 5.73 Å². The summed E-state index contributed by atoms with van der Waals surface area (Å²) in [4.78, 5) is 0.564. The second kappa shape index (κ2) is 5.70. The third kappa shape index (κ3) is 2.72. The summed E-state index contributed by atoms with van der Waals surface area (Å²) in [6.07, 6.45) is 0. The summed E-state index contributed by atoms with van der Waals surface area (Å²) in [6.45, 7) is 0. The van der Waals surface area contributed by atoms with E-state index in [4.69, 9.17) is 5.73 Å². The summed E-state index contributed by atoms with van der Waals surface area (Å²) >= 11 is 0.924. The van der Waals surface area contributed by atoms with Crippen LogP contribution in [0.4, 0.5) is 27.6 Å². The van der Waals surface area contributed by atoms with Gasteiger partial charge in [0.1, 0.15) is 0 Å². The minimum Gasteiger partial charge on any atom is -0.399 e. The number of halogens is 5. The molecule has 2 aromatic carbocycles. The molecule has 0 saturated heterocycles. The first-order valence-electron chi connectivity index (χ1n) is 5.40. The number of nitrogens with two attached hydrogens (primary N) is 1. The van der Waals surface area contributed by atoms with Crippen molar-refractivity contribution in [2.24, 2.45) is 0 Å². The molecule has 0 atom stereocenters. The van der Waals surface area contributed by atoms with Crippen molar-refractivity contribution in [1.29, 1.82) is 0 Å². The molecule has 106 valence electrons. The summed E-state index contributed by atoms with van der Waals surface area (Å²) in [5.41, 5.74) is 5.11. The Labute approximate surface area is 115 Å². The van der Waals surface area contributed by atoms with Crippen molar-refractivity contribution in [2.45, 2.75) is 10.6 Å². The van der Waals surface area contributed by atoms with Crippen molar-refractivity contribution in [3.8, 4) is 0 Å². The fourth-order valence-corrected chi connectivity index (χ4v) is 2.50. The standard InChI is InChI=1S/C13H8F5NS/c14-9-8(10(15)12(17)13(18)11(9)16)5-20-7-3-1-2-6(19)4-7/h1-4H,5,19H2. The van der Waals surface area contributed by atoms with Gasteiger partial charge < -0.3 is 5.73 Å². The van der Waals surface area contributed by atoms with Crippen LogP contribution in [0.2, 0.25) is 0 Å². The van der Waals surface area contributed by atoms with Crippen molar-refractivity contribution in [1.82, 2.24) is 0 Å². The average Bonchev–Trinajstić information content (AvgIpc) is 2.43. The molecule has 2 N–H and O–H groups in total. The quantitative estimate of drug-likeness (QED) is 0.301. The van der Waals surface area contributed by atoms with Crippen LogP contribution in [0.25, 0.3) is 0 Å². The van der Waals surface area contributed by atoms with Crippen molar-refractivity contribution in [3.63, 3.8) is 0 Å². The highest BCUT2D eigenvalue weighted by Gasteiger charge is 2.25. The van der Waals surface area contributed by atoms with Gasteiger partial charge in [0, 0.05) is 21.9 Å². The van der Waals surface area contributed by atoms with E-state index in [9.17, 15) is 22.0 Å². The van der Waals surface area contributed by atoms with E-state index in [0.717, 1.165) is 11.8 Å². The number of hydrogen-bond acceptors (Lipinski definition) is 2. The van der Waals surface area contributed by atoms with Gasteiger partial charge in [-0.25, -0.2) is 22.0 Å². The first kappa shape index (κ1) is 14.6. The number of rotatable bonds is 3. The van der Waals surface area contributed by atoms with Gasteiger partial charge in [0.2, 0.25) is 5.82 Å². The first-order valence-corrected chi connectivity index (χ1v) is 6.39. The predicted molar refractivity (Wildman–Crippen MR) is 66.6 cm³/mol. The van der Waals surface area contributed by atoms with Crippen LogP contribution >= 0.6 is 11.8 Å². The molecule has 2 rings (SSSR count). The third-order valence-electron chi connectivity index (χ3n) is 2.54. The molecule has 1 nitrogen and oxygen atoms in total. The van der Waals surface area contributed by atoms with Gasteiger partial charge in [-0.3, -0.25) is 0 Å². The summed E-state index contributed by atoms with van der Waals surface area (Å²) in [7, 11) is 0. The van der Waals surface area contributed by atoms with E-state index in [1.807, 2.05) is 0 Å². The van der Waals surface area contributed by atoms with E-state index in [0.29, 0.717) is 10.6 Å². The van der Waals surface area contributed by atoms with Crippen molar-refractivity contribution >= 4 is 17.4 Å². The monoisotopic (exact) mass is 305 g/mol. The van der Waals surface area contributed by atoms with Crippen LogP contribution in [-0.2, 0) is 5.75 Å². The number of nitrogen functional groups attached to an aromatic ring is 1. The molecule has 0 aliphatic rings. The van der Waals surface area contributed by atoms with Crippen LogP contribution in [-0.4, -0.2) is 0 Å². The zero-order valence-electron chi connectivity index (χ0n) is 9.89. The van der Waals surface area contributed by atoms with Gasteiger partial charge in [-0.2, -0.15) is 0 Å². The number of anilines is 1. The van der Waals surface area contributed by atoms with E-state index in [2.05, 4.69) is 0 Å². The minimum absolute atomic E-state index is 0.394. The highest BCUT2D eigenvalue weighted by atomic mass is 32.2. The Bertz CT molecular complexity index is 630. The van der Waals surface area contributed by atoms with Gasteiger partial charge in [-0.1, -0.05) is 6.07 Å². The maximum atomic E-state index is 13.4. The maximum absolute atomic E-state index is 13.4. The Morgan fingerprint density at radius 1 is 0.850 bits per heavy atom. The van der Waals surface area contributed by atoms with Gasteiger partial charge in [-0.15, -0.1) is 11.8 Å². The second-order valence-electron chi connectivity index (χ2n) is 3.91. The number of thioether (sulfide) groups is 1. The smallest absolute Gasteiger partial charge is 0.200 e. The molecule has 2 aromatic rings. The SMILES string of the molecule is Nc1cccc(SCc2c(F)c(F)c(F)c(F)c2F)c1. The lowest BCUT2D eigenvalue weighted by Crippen LogP contribution is -2.06. The van der Waals surface area contributed by atoms with Crippen LogP contribution in [0.15, 0.2) is 29.2 Å². The molecule has 0 spiro atoms. The van der Waals surface area contributed by atoms with Crippen molar-refractivity contribution in [3.05, 3.63) is 58.9 Å². The lowest BCUT2D eigenvalue weighted by molar-refractivity contribution is 0.372. The van der Waals surface area contributed by atoms with Gasteiger partial charge in [0.25, 0.3) is 0 Å². The van der Waals surface area contributed by atoms with Crippen LogP contribution in [0.1, 0.15) is 5.56 Å². The highest BCUT2D eigenvalue weighted by molar-refractivity contribution is 7.98. The lowest BCUT2D eigenvalue weighted by atomic mass is 10.2. The second-order valence-corrected chi connectivity index (χ2v) is 4.96. The molecule has 0 fully saturated rings. The largest absolute Gasteiger partial charge is 0.399 e. The Morgan fingerprint density at radius 3 is 1.95 bits per heavy atom. The molecule has 20 heavy (non-hydrogen) atoms. The Hall–Kier alpha value is -1.76. The summed E-state index contributed by atoms with van der Waals surface area (Å²) in [6, 6.07) is 6.39. The molecular formula is C13H8F5NS. The number of benzene rings is 2. The molecule has 7 heteroatoms. The molecule has 0 amide bonds. The third-order valence-corrected chi connectivity index (χ3v) is 3.56. The molecule has 0 aromatic heterocycles. The first-order chi connectivity index (χ1) is 9.41. The molecule has 0 aliphatic carbocycles. The van der Waals surface area contributed by atoms with Gasteiger partial charge in [-0.05, 0) is 18.2 Å². The van der Waals surface area contributed by atoms with E-state index >= 15 is 0 Å². The minimum atomic E-state index is -2.15. The van der Waals surface area contributed by atoms with Crippen molar-refractivity contribution < 1.29 is 22.0 Å². The lowest BCUT2D eigenvalue weighted by Gasteiger charge is -2.08. The normalized spacial score (nSPS) is 10.8. The van der Waals surface area contributed by atoms with Crippen LogP contribution in [0.3, 0.4) is 0 Å². The summed E-state index contributed by atoms with van der Waals surface area (Å²) in [5, 5.41) is 0. The van der Waals surface area contributed by atoms with E-state index in [-0.39, 0.29) is 0 Å².